The van der Waals surface area contributed by atoms with Crippen molar-refractivity contribution in [1.29, 1.82) is 0 Å². The van der Waals surface area contributed by atoms with Crippen LogP contribution in [0, 0.1) is 0 Å². The van der Waals surface area contributed by atoms with Crippen molar-refractivity contribution in [3.05, 3.63) is 35.4 Å². The van der Waals surface area contributed by atoms with Gasteiger partial charge < -0.3 is 5.73 Å². The van der Waals surface area contributed by atoms with Crippen LogP contribution in [-0.4, -0.2) is 11.5 Å². The molecule has 0 fully saturated rings. The molecule has 0 aliphatic rings. The minimum absolute atomic E-state index is 0.167. The van der Waals surface area contributed by atoms with Gasteiger partial charge in [0.1, 0.15) is 0 Å². The van der Waals surface area contributed by atoms with Crippen molar-refractivity contribution in [1.82, 2.24) is 0 Å². The number of rotatable bonds is 5. The molecule has 0 heterocycles. The van der Waals surface area contributed by atoms with Crippen molar-refractivity contribution in [3.8, 4) is 0 Å². The number of benzene rings is 1. The SMILES string of the molecule is CCCSCC(N)c1ccc(C(C)(C)C)cc1. The van der Waals surface area contributed by atoms with Gasteiger partial charge in [0.05, 0.1) is 0 Å². The molecule has 0 spiro atoms. The Kier molecular flexibility index (Phi) is 5.54. The summed E-state index contributed by atoms with van der Waals surface area (Å²) in [5.74, 6) is 2.22. The first kappa shape index (κ1) is 14.6. The Hall–Kier alpha value is -0.470. The third kappa shape index (κ3) is 4.72. The Morgan fingerprint density at radius 1 is 1.18 bits per heavy atom. The third-order valence-electron chi connectivity index (χ3n) is 2.85. The summed E-state index contributed by atoms with van der Waals surface area (Å²) in [5, 5.41) is 0. The van der Waals surface area contributed by atoms with Gasteiger partial charge >= 0.3 is 0 Å². The van der Waals surface area contributed by atoms with Crippen LogP contribution in [0.15, 0.2) is 24.3 Å². The van der Waals surface area contributed by atoms with Crippen molar-refractivity contribution in [2.45, 2.75) is 45.6 Å². The van der Waals surface area contributed by atoms with Crippen LogP contribution in [0.4, 0.5) is 0 Å². The zero-order valence-electron chi connectivity index (χ0n) is 11.5. The van der Waals surface area contributed by atoms with E-state index in [4.69, 9.17) is 5.73 Å². The second kappa shape index (κ2) is 6.46. The van der Waals surface area contributed by atoms with Crippen LogP contribution in [0.25, 0.3) is 0 Å². The summed E-state index contributed by atoms with van der Waals surface area (Å²) in [6.07, 6.45) is 1.22. The second-order valence-corrected chi connectivity index (χ2v) is 6.70. The van der Waals surface area contributed by atoms with Gasteiger partial charge in [0, 0.05) is 11.8 Å². The maximum absolute atomic E-state index is 6.17. The van der Waals surface area contributed by atoms with Crippen LogP contribution in [0.5, 0.6) is 0 Å². The fraction of sp³-hybridized carbons (Fsp3) is 0.600. The molecule has 0 bridgehead atoms. The molecule has 0 saturated carbocycles. The summed E-state index contributed by atoms with van der Waals surface area (Å²) >= 11 is 1.94. The van der Waals surface area contributed by atoms with Gasteiger partial charge in [-0.25, -0.2) is 0 Å². The van der Waals surface area contributed by atoms with Gasteiger partial charge in [-0.3, -0.25) is 0 Å². The zero-order valence-corrected chi connectivity index (χ0v) is 12.3. The summed E-state index contributed by atoms with van der Waals surface area (Å²) in [6.45, 7) is 8.91. The molecule has 1 atom stereocenters. The van der Waals surface area contributed by atoms with E-state index >= 15 is 0 Å². The molecule has 17 heavy (non-hydrogen) atoms. The minimum atomic E-state index is 0.167. The highest BCUT2D eigenvalue weighted by Crippen LogP contribution is 2.24. The molecular formula is C15H25NS. The molecule has 0 saturated heterocycles. The highest BCUT2D eigenvalue weighted by molar-refractivity contribution is 7.99. The highest BCUT2D eigenvalue weighted by Gasteiger charge is 2.14. The molecule has 0 aliphatic carbocycles. The predicted molar refractivity (Wildman–Crippen MR) is 79.7 cm³/mol. The van der Waals surface area contributed by atoms with E-state index in [0.29, 0.717) is 0 Å². The van der Waals surface area contributed by atoms with Gasteiger partial charge in [-0.2, -0.15) is 11.8 Å². The average molecular weight is 251 g/mol. The van der Waals surface area contributed by atoms with Gasteiger partial charge in [0.2, 0.25) is 0 Å². The van der Waals surface area contributed by atoms with E-state index in [9.17, 15) is 0 Å². The molecule has 0 radical (unpaired) electrons. The molecular weight excluding hydrogens is 226 g/mol. The quantitative estimate of drug-likeness (QED) is 0.796. The lowest BCUT2D eigenvalue weighted by Gasteiger charge is -2.20. The largest absolute Gasteiger partial charge is 0.323 e. The molecule has 1 rings (SSSR count). The van der Waals surface area contributed by atoms with E-state index in [1.54, 1.807) is 0 Å². The Balaban J connectivity index is 2.61. The number of hydrogen-bond donors (Lipinski definition) is 1. The third-order valence-corrected chi connectivity index (χ3v) is 4.14. The first-order valence-electron chi connectivity index (χ1n) is 6.39. The summed E-state index contributed by atoms with van der Waals surface area (Å²) < 4.78 is 0. The van der Waals surface area contributed by atoms with Gasteiger partial charge in [0.15, 0.2) is 0 Å². The van der Waals surface area contributed by atoms with E-state index in [1.807, 2.05) is 11.8 Å². The zero-order chi connectivity index (χ0) is 12.9. The fourth-order valence-electron chi connectivity index (χ4n) is 1.68. The Labute approximate surface area is 110 Å². The Bertz CT molecular complexity index is 324. The first-order chi connectivity index (χ1) is 7.95. The van der Waals surface area contributed by atoms with Crippen molar-refractivity contribution in [2.75, 3.05) is 11.5 Å². The molecule has 2 N–H and O–H groups in total. The molecule has 0 amide bonds. The normalized spacial score (nSPS) is 13.7. The summed E-state index contributed by atoms with van der Waals surface area (Å²) in [4.78, 5) is 0. The topological polar surface area (TPSA) is 26.0 Å². The highest BCUT2D eigenvalue weighted by atomic mass is 32.2. The van der Waals surface area contributed by atoms with Crippen LogP contribution in [0.2, 0.25) is 0 Å². The van der Waals surface area contributed by atoms with Gasteiger partial charge in [-0.1, -0.05) is 52.0 Å². The summed E-state index contributed by atoms with van der Waals surface area (Å²) in [7, 11) is 0. The predicted octanol–water partition coefficient (Wildman–Crippen LogP) is 4.13. The monoisotopic (exact) mass is 251 g/mol. The molecule has 1 aromatic rings. The first-order valence-corrected chi connectivity index (χ1v) is 7.54. The second-order valence-electron chi connectivity index (χ2n) is 5.55. The van der Waals surface area contributed by atoms with Crippen LogP contribution >= 0.6 is 11.8 Å². The van der Waals surface area contributed by atoms with Crippen molar-refractivity contribution in [3.63, 3.8) is 0 Å². The van der Waals surface area contributed by atoms with E-state index in [0.717, 1.165) is 5.75 Å². The van der Waals surface area contributed by atoms with Crippen molar-refractivity contribution >= 4 is 11.8 Å². The van der Waals surface area contributed by atoms with Gasteiger partial charge in [-0.05, 0) is 28.7 Å². The standard InChI is InChI=1S/C15H25NS/c1-5-10-17-11-14(16)12-6-8-13(9-7-12)15(2,3)4/h6-9,14H,5,10-11,16H2,1-4H3. The molecule has 2 heteroatoms. The minimum Gasteiger partial charge on any atom is -0.323 e. The Morgan fingerprint density at radius 3 is 2.24 bits per heavy atom. The number of nitrogens with two attached hydrogens (primary N) is 1. The van der Waals surface area contributed by atoms with Gasteiger partial charge in [-0.15, -0.1) is 0 Å². The number of thioether (sulfide) groups is 1. The van der Waals surface area contributed by atoms with Crippen LogP contribution < -0.4 is 5.73 Å². The van der Waals surface area contributed by atoms with Crippen molar-refractivity contribution < 1.29 is 0 Å². The van der Waals surface area contributed by atoms with Crippen LogP contribution in [-0.2, 0) is 5.41 Å². The maximum Gasteiger partial charge on any atom is 0.0386 e. The number of hydrogen-bond acceptors (Lipinski definition) is 2. The fourth-order valence-corrected chi connectivity index (χ4v) is 2.58. The lowest BCUT2D eigenvalue weighted by molar-refractivity contribution is 0.589. The van der Waals surface area contributed by atoms with Gasteiger partial charge in [0.25, 0.3) is 0 Å². The average Bonchev–Trinajstić information content (AvgIpc) is 2.28. The molecule has 1 aromatic carbocycles. The van der Waals surface area contributed by atoms with E-state index < -0.39 is 0 Å². The smallest absolute Gasteiger partial charge is 0.0386 e. The summed E-state index contributed by atoms with van der Waals surface area (Å²) in [5.41, 5.74) is 9.02. The lowest BCUT2D eigenvalue weighted by atomic mass is 9.86. The van der Waals surface area contributed by atoms with Crippen molar-refractivity contribution in [2.24, 2.45) is 5.73 Å². The van der Waals surface area contributed by atoms with Crippen LogP contribution in [0.3, 0.4) is 0 Å². The summed E-state index contributed by atoms with van der Waals surface area (Å²) in [6, 6.07) is 8.94. The lowest BCUT2D eigenvalue weighted by Crippen LogP contribution is -2.15. The Morgan fingerprint density at radius 2 is 1.76 bits per heavy atom. The van der Waals surface area contributed by atoms with Crippen LogP contribution in [0.1, 0.15) is 51.3 Å². The molecule has 0 aliphatic heterocycles. The van der Waals surface area contributed by atoms with E-state index in [2.05, 4.69) is 52.0 Å². The van der Waals surface area contributed by atoms with E-state index in [-0.39, 0.29) is 11.5 Å². The molecule has 1 nitrogen and oxygen atoms in total. The molecule has 96 valence electrons. The molecule has 1 unspecified atom stereocenters. The maximum atomic E-state index is 6.17. The van der Waals surface area contributed by atoms with E-state index in [1.165, 1.54) is 23.3 Å². The molecule has 0 aromatic heterocycles.